The molecule has 3 aliphatic rings. The third-order valence-corrected chi connectivity index (χ3v) is 4.09. The Labute approximate surface area is 107 Å². The summed E-state index contributed by atoms with van der Waals surface area (Å²) < 4.78 is 0. The first-order valence-corrected chi connectivity index (χ1v) is 6.65. The van der Waals surface area contributed by atoms with Gasteiger partial charge in [0.1, 0.15) is 0 Å². The van der Waals surface area contributed by atoms with Crippen molar-refractivity contribution in [3.63, 3.8) is 0 Å². The topological polar surface area (TPSA) is 64.5 Å². The van der Waals surface area contributed by atoms with Crippen molar-refractivity contribution < 1.29 is 10.2 Å². The minimum atomic E-state index is -0.551. The molecule has 0 aromatic heterocycles. The number of aliphatic hydroxyl groups excluding tert-OH is 2. The molecule has 1 aliphatic heterocycles. The average molecular weight is 248 g/mol. The maximum Gasteiger partial charge on any atom is 0.0847 e. The normalized spacial score (nSPS) is 39.1. The highest BCUT2D eigenvalue weighted by Gasteiger charge is 2.40. The van der Waals surface area contributed by atoms with Crippen LogP contribution in [0.2, 0.25) is 0 Å². The van der Waals surface area contributed by atoms with Crippen LogP contribution in [0.1, 0.15) is 12.8 Å². The van der Waals surface area contributed by atoms with Gasteiger partial charge in [0, 0.05) is 24.6 Å². The van der Waals surface area contributed by atoms with Crippen molar-refractivity contribution in [2.24, 2.45) is 5.92 Å². The molecule has 2 aliphatic carbocycles. The smallest absolute Gasteiger partial charge is 0.0847 e. The summed E-state index contributed by atoms with van der Waals surface area (Å²) in [5.41, 5.74) is 1.36. The molecule has 4 nitrogen and oxygen atoms in total. The van der Waals surface area contributed by atoms with Crippen LogP contribution in [0.3, 0.4) is 0 Å². The van der Waals surface area contributed by atoms with E-state index in [2.05, 4.69) is 41.0 Å². The molecule has 0 aromatic rings. The third kappa shape index (κ3) is 2.06. The number of hydrogen-bond donors (Lipinski definition) is 4. The lowest BCUT2D eigenvalue weighted by atomic mass is 9.75. The summed E-state index contributed by atoms with van der Waals surface area (Å²) in [6.07, 6.45) is 11.5. The van der Waals surface area contributed by atoms with E-state index in [1.165, 1.54) is 5.57 Å². The fourth-order valence-corrected chi connectivity index (χ4v) is 3.21. The molecule has 1 saturated heterocycles. The Morgan fingerprint density at radius 3 is 3.11 bits per heavy atom. The minimum absolute atomic E-state index is 0.0146. The molecule has 0 aromatic carbocycles. The lowest BCUT2D eigenvalue weighted by Crippen LogP contribution is -2.67. The van der Waals surface area contributed by atoms with E-state index >= 15 is 0 Å². The second kappa shape index (κ2) is 4.97. The Morgan fingerprint density at radius 1 is 1.39 bits per heavy atom. The maximum atomic E-state index is 10.0. The first-order valence-electron chi connectivity index (χ1n) is 6.65. The van der Waals surface area contributed by atoms with Gasteiger partial charge in [-0.2, -0.15) is 0 Å². The lowest BCUT2D eigenvalue weighted by Gasteiger charge is -2.47. The highest BCUT2D eigenvalue weighted by molar-refractivity contribution is 5.38. The molecule has 4 N–H and O–H groups in total. The van der Waals surface area contributed by atoms with Gasteiger partial charge in [-0.3, -0.25) is 10.6 Å². The van der Waals surface area contributed by atoms with Gasteiger partial charge in [-0.05, 0) is 18.4 Å². The molecular weight excluding hydrogens is 228 g/mol. The molecule has 98 valence electrons. The van der Waals surface area contributed by atoms with Gasteiger partial charge in [-0.1, -0.05) is 30.4 Å². The first-order chi connectivity index (χ1) is 8.79. The predicted octanol–water partition coefficient (Wildman–Crippen LogP) is 0.0581. The fourth-order valence-electron chi connectivity index (χ4n) is 3.21. The van der Waals surface area contributed by atoms with Crippen molar-refractivity contribution in [1.82, 2.24) is 10.6 Å². The molecule has 4 heteroatoms. The van der Waals surface area contributed by atoms with Gasteiger partial charge >= 0.3 is 0 Å². The molecule has 1 fully saturated rings. The van der Waals surface area contributed by atoms with Crippen molar-refractivity contribution in [3.8, 4) is 0 Å². The summed E-state index contributed by atoms with van der Waals surface area (Å²) in [6.45, 7) is 0.0146. The van der Waals surface area contributed by atoms with Crippen molar-refractivity contribution in [3.05, 3.63) is 36.0 Å². The van der Waals surface area contributed by atoms with Crippen molar-refractivity contribution in [2.75, 3.05) is 6.61 Å². The summed E-state index contributed by atoms with van der Waals surface area (Å²) in [5.74, 6) is 0.456. The number of aliphatic hydroxyl groups is 2. The molecule has 0 amide bonds. The summed E-state index contributed by atoms with van der Waals surface area (Å²) in [4.78, 5) is 0. The highest BCUT2D eigenvalue weighted by atomic mass is 16.3. The van der Waals surface area contributed by atoms with E-state index in [9.17, 15) is 5.11 Å². The molecule has 5 unspecified atom stereocenters. The van der Waals surface area contributed by atoms with Gasteiger partial charge in [-0.25, -0.2) is 0 Å². The van der Waals surface area contributed by atoms with E-state index in [1.54, 1.807) is 0 Å². The molecule has 18 heavy (non-hydrogen) atoms. The standard InChI is InChI=1S/C14H20N2O2/c17-8-7-12(18)14-15-10-5-1-3-9-4-2-6-11(16-14)13(9)10/h1-5,10-18H,6-8H2. The minimum Gasteiger partial charge on any atom is -0.396 e. The van der Waals surface area contributed by atoms with Crippen LogP contribution in [0.4, 0.5) is 0 Å². The van der Waals surface area contributed by atoms with E-state index in [0.717, 1.165) is 6.42 Å². The van der Waals surface area contributed by atoms with Gasteiger partial charge in [-0.15, -0.1) is 0 Å². The Bertz CT molecular complexity index is 403. The quantitative estimate of drug-likeness (QED) is 0.570. The zero-order valence-electron chi connectivity index (χ0n) is 10.3. The summed E-state index contributed by atoms with van der Waals surface area (Å²) in [6, 6.07) is 0.648. The summed E-state index contributed by atoms with van der Waals surface area (Å²) in [7, 11) is 0. The summed E-state index contributed by atoms with van der Waals surface area (Å²) >= 11 is 0. The number of nitrogens with one attached hydrogen (secondary N) is 2. The molecule has 0 saturated carbocycles. The van der Waals surface area contributed by atoms with Gasteiger partial charge < -0.3 is 10.2 Å². The summed E-state index contributed by atoms with van der Waals surface area (Å²) in [5, 5.41) is 25.9. The van der Waals surface area contributed by atoms with E-state index in [4.69, 9.17) is 5.11 Å². The fraction of sp³-hybridized carbons (Fsp3) is 0.571. The monoisotopic (exact) mass is 248 g/mol. The van der Waals surface area contributed by atoms with E-state index in [1.807, 2.05) is 0 Å². The van der Waals surface area contributed by atoms with E-state index < -0.39 is 6.10 Å². The van der Waals surface area contributed by atoms with E-state index in [0.29, 0.717) is 18.4 Å². The number of allylic oxidation sites excluding steroid dienone is 3. The zero-order valence-corrected chi connectivity index (χ0v) is 10.3. The molecule has 3 rings (SSSR count). The first kappa shape index (κ1) is 12.1. The van der Waals surface area contributed by atoms with Gasteiger partial charge in [0.2, 0.25) is 0 Å². The van der Waals surface area contributed by atoms with Crippen LogP contribution >= 0.6 is 0 Å². The maximum absolute atomic E-state index is 10.0. The third-order valence-electron chi connectivity index (χ3n) is 4.09. The molecule has 0 radical (unpaired) electrons. The SMILES string of the molecule is OCCC(O)C1NC2C=CC=C3C=CCC(N1)C32. The van der Waals surface area contributed by atoms with Crippen LogP contribution in [0.25, 0.3) is 0 Å². The second-order valence-electron chi connectivity index (χ2n) is 5.24. The van der Waals surface area contributed by atoms with Crippen LogP contribution in [0.15, 0.2) is 36.0 Å². The predicted molar refractivity (Wildman–Crippen MR) is 69.8 cm³/mol. The van der Waals surface area contributed by atoms with Crippen LogP contribution < -0.4 is 10.6 Å². The molecule has 1 heterocycles. The lowest BCUT2D eigenvalue weighted by molar-refractivity contribution is 0.0486. The van der Waals surface area contributed by atoms with Crippen LogP contribution in [0.5, 0.6) is 0 Å². The average Bonchev–Trinajstić information content (AvgIpc) is 2.39. The van der Waals surface area contributed by atoms with Crippen molar-refractivity contribution in [2.45, 2.75) is 37.2 Å². The molecule has 0 bridgehead atoms. The number of rotatable bonds is 3. The second-order valence-corrected chi connectivity index (χ2v) is 5.24. The van der Waals surface area contributed by atoms with Crippen molar-refractivity contribution >= 4 is 0 Å². The number of hydrogen-bond acceptors (Lipinski definition) is 4. The van der Waals surface area contributed by atoms with Crippen molar-refractivity contribution in [1.29, 1.82) is 0 Å². The Balaban J connectivity index is 1.79. The van der Waals surface area contributed by atoms with Crippen LogP contribution in [0, 0.1) is 5.92 Å². The molecule has 5 atom stereocenters. The Hall–Kier alpha value is -0.940. The van der Waals surface area contributed by atoms with Gasteiger partial charge in [0.25, 0.3) is 0 Å². The van der Waals surface area contributed by atoms with Gasteiger partial charge in [0.15, 0.2) is 0 Å². The Kier molecular flexibility index (Phi) is 3.35. The van der Waals surface area contributed by atoms with E-state index in [-0.39, 0.29) is 18.8 Å². The van der Waals surface area contributed by atoms with Crippen LogP contribution in [-0.4, -0.2) is 41.2 Å². The highest BCUT2D eigenvalue weighted by Crippen LogP contribution is 2.33. The van der Waals surface area contributed by atoms with Gasteiger partial charge in [0.05, 0.1) is 12.3 Å². The van der Waals surface area contributed by atoms with Crippen LogP contribution in [-0.2, 0) is 0 Å². The molecular formula is C14H20N2O2. The Morgan fingerprint density at radius 2 is 2.28 bits per heavy atom. The zero-order chi connectivity index (χ0) is 12.5. The molecule has 0 spiro atoms. The largest absolute Gasteiger partial charge is 0.396 e.